The van der Waals surface area contributed by atoms with Crippen molar-refractivity contribution >= 4 is 40.6 Å². The highest BCUT2D eigenvalue weighted by Gasteiger charge is 2.28. The van der Waals surface area contributed by atoms with E-state index in [-0.39, 0.29) is 17.3 Å². The molecule has 0 radical (unpaired) electrons. The van der Waals surface area contributed by atoms with Crippen LogP contribution < -0.4 is 11.1 Å². The van der Waals surface area contributed by atoms with E-state index in [9.17, 15) is 4.79 Å². The van der Waals surface area contributed by atoms with Crippen LogP contribution in [0.3, 0.4) is 0 Å². The van der Waals surface area contributed by atoms with Gasteiger partial charge in [0, 0.05) is 17.5 Å². The largest absolute Gasteiger partial charge is 0.399 e. The Hall–Kier alpha value is -0.910. The predicted octanol–water partition coefficient (Wildman–Crippen LogP) is 3.16. The van der Waals surface area contributed by atoms with E-state index >= 15 is 0 Å². The third kappa shape index (κ3) is 3.81. The molecule has 1 heterocycles. The van der Waals surface area contributed by atoms with Gasteiger partial charge in [0.25, 0.3) is 0 Å². The lowest BCUT2D eigenvalue weighted by Crippen LogP contribution is -2.26. The average Bonchev–Trinajstić information content (AvgIpc) is 2.78. The van der Waals surface area contributed by atoms with Crippen LogP contribution >= 0.6 is 23.4 Å². The highest BCUT2D eigenvalue weighted by atomic mass is 35.5. The summed E-state index contributed by atoms with van der Waals surface area (Å²) in [5.41, 5.74) is 6.80. The second kappa shape index (κ2) is 6.70. The van der Waals surface area contributed by atoms with Crippen molar-refractivity contribution in [1.29, 1.82) is 0 Å². The molecule has 3 N–H and O–H groups in total. The molecule has 3 atom stereocenters. The number of nitrogens with two attached hydrogens (primary N) is 1. The molecule has 0 aromatic heterocycles. The van der Waals surface area contributed by atoms with Crippen LogP contribution in [0, 0.1) is 0 Å². The number of carbonyl (C=O) groups excluding carboxylic acids is 1. The number of hydrogen-bond donors (Lipinski definition) is 2. The summed E-state index contributed by atoms with van der Waals surface area (Å²) in [4.78, 5) is 12.2. The smallest absolute Gasteiger partial charge is 0.237 e. The van der Waals surface area contributed by atoms with Gasteiger partial charge in [0.1, 0.15) is 0 Å². The molecule has 4 nitrogen and oxygen atoms in total. The van der Waals surface area contributed by atoms with Gasteiger partial charge in [-0.3, -0.25) is 4.79 Å². The Balaban J connectivity index is 1.93. The zero-order chi connectivity index (χ0) is 14.7. The Kier molecular flexibility index (Phi) is 5.18. The second-order valence-corrected chi connectivity index (χ2v) is 6.90. The number of nitrogens with one attached hydrogen (secondary N) is 1. The van der Waals surface area contributed by atoms with Gasteiger partial charge in [-0.25, -0.2) is 0 Å². The van der Waals surface area contributed by atoms with Gasteiger partial charge in [-0.2, -0.15) is 0 Å². The quantitative estimate of drug-likeness (QED) is 0.838. The maximum atomic E-state index is 12.2. The van der Waals surface area contributed by atoms with Crippen molar-refractivity contribution in [2.24, 2.45) is 0 Å². The number of ether oxygens (including phenoxy) is 1. The van der Waals surface area contributed by atoms with E-state index < -0.39 is 0 Å². The Morgan fingerprint density at radius 3 is 2.95 bits per heavy atom. The molecule has 0 aliphatic carbocycles. The fourth-order valence-corrected chi connectivity index (χ4v) is 3.56. The van der Waals surface area contributed by atoms with E-state index in [0.29, 0.717) is 21.6 Å². The van der Waals surface area contributed by atoms with Crippen molar-refractivity contribution in [3.8, 4) is 0 Å². The van der Waals surface area contributed by atoms with Crippen LogP contribution in [-0.2, 0) is 9.53 Å². The topological polar surface area (TPSA) is 64.3 Å². The Morgan fingerprint density at radius 1 is 1.60 bits per heavy atom. The third-order valence-electron chi connectivity index (χ3n) is 3.31. The maximum Gasteiger partial charge on any atom is 0.237 e. The van der Waals surface area contributed by atoms with Crippen molar-refractivity contribution in [3.63, 3.8) is 0 Å². The number of nitrogen functional groups attached to an aromatic ring is 1. The Morgan fingerprint density at radius 2 is 2.35 bits per heavy atom. The first-order valence-corrected chi connectivity index (χ1v) is 7.92. The van der Waals surface area contributed by atoms with Crippen LogP contribution in [0.2, 0.25) is 5.02 Å². The molecule has 2 rings (SSSR count). The summed E-state index contributed by atoms with van der Waals surface area (Å²) in [5, 5.41) is 3.51. The standard InChI is InChI=1S/C14H19ClN2O2S/c1-8-13(5-6-19-8)20-9(2)14(18)17-12-4-3-10(16)7-11(12)15/h3-4,7-9,13H,5-6,16H2,1-2H3,(H,17,18). The molecular weight excluding hydrogens is 296 g/mol. The second-order valence-electron chi connectivity index (χ2n) is 4.91. The molecule has 20 heavy (non-hydrogen) atoms. The Bertz CT molecular complexity index is 498. The molecule has 1 aromatic rings. The molecule has 0 bridgehead atoms. The zero-order valence-corrected chi connectivity index (χ0v) is 13.1. The summed E-state index contributed by atoms with van der Waals surface area (Å²) in [6.07, 6.45) is 1.20. The highest BCUT2D eigenvalue weighted by Crippen LogP contribution is 2.31. The van der Waals surface area contributed by atoms with E-state index in [0.717, 1.165) is 13.0 Å². The molecule has 1 aliphatic heterocycles. The minimum atomic E-state index is -0.155. The number of thioether (sulfide) groups is 1. The molecule has 1 aromatic carbocycles. The van der Waals surface area contributed by atoms with Gasteiger partial charge in [-0.05, 0) is 38.5 Å². The number of amides is 1. The highest BCUT2D eigenvalue weighted by molar-refractivity contribution is 8.01. The van der Waals surface area contributed by atoms with Crippen molar-refractivity contribution in [1.82, 2.24) is 0 Å². The predicted molar refractivity (Wildman–Crippen MR) is 85.4 cm³/mol. The van der Waals surface area contributed by atoms with E-state index in [1.165, 1.54) is 0 Å². The lowest BCUT2D eigenvalue weighted by molar-refractivity contribution is -0.115. The zero-order valence-electron chi connectivity index (χ0n) is 11.6. The minimum Gasteiger partial charge on any atom is -0.399 e. The van der Waals surface area contributed by atoms with E-state index in [1.54, 1.807) is 30.0 Å². The van der Waals surface area contributed by atoms with Crippen molar-refractivity contribution in [3.05, 3.63) is 23.2 Å². The SMILES string of the molecule is CC(SC1CCOC1C)C(=O)Nc1ccc(N)cc1Cl. The lowest BCUT2D eigenvalue weighted by atomic mass is 10.2. The van der Waals surface area contributed by atoms with Crippen LogP contribution in [-0.4, -0.2) is 29.1 Å². The summed E-state index contributed by atoms with van der Waals surface area (Å²) in [6.45, 7) is 4.72. The molecule has 0 spiro atoms. The fourth-order valence-electron chi connectivity index (χ4n) is 2.08. The van der Waals surface area contributed by atoms with Gasteiger partial charge < -0.3 is 15.8 Å². The number of hydrogen-bond acceptors (Lipinski definition) is 4. The van der Waals surface area contributed by atoms with Gasteiger partial charge in [0.05, 0.1) is 22.1 Å². The molecule has 6 heteroatoms. The summed E-state index contributed by atoms with van der Waals surface area (Å²) in [7, 11) is 0. The average molecular weight is 315 g/mol. The summed E-state index contributed by atoms with van der Waals surface area (Å²) in [6, 6.07) is 5.06. The summed E-state index contributed by atoms with van der Waals surface area (Å²) >= 11 is 7.70. The summed E-state index contributed by atoms with van der Waals surface area (Å²) in [5.74, 6) is -0.0548. The van der Waals surface area contributed by atoms with Gasteiger partial charge >= 0.3 is 0 Å². The number of anilines is 2. The Labute approximate surface area is 128 Å². The molecule has 110 valence electrons. The molecular formula is C14H19ClN2O2S. The van der Waals surface area contributed by atoms with Gasteiger partial charge in [-0.15, -0.1) is 11.8 Å². The molecule has 1 saturated heterocycles. The van der Waals surface area contributed by atoms with Crippen molar-refractivity contribution in [2.75, 3.05) is 17.7 Å². The van der Waals surface area contributed by atoms with E-state index in [1.807, 2.05) is 13.8 Å². The fraction of sp³-hybridized carbons (Fsp3) is 0.500. The van der Waals surface area contributed by atoms with E-state index in [2.05, 4.69) is 5.32 Å². The van der Waals surface area contributed by atoms with Gasteiger partial charge in [-0.1, -0.05) is 11.6 Å². The monoisotopic (exact) mass is 314 g/mol. The van der Waals surface area contributed by atoms with Crippen LogP contribution in [0.25, 0.3) is 0 Å². The van der Waals surface area contributed by atoms with Crippen LogP contribution in [0.1, 0.15) is 20.3 Å². The third-order valence-corrected chi connectivity index (χ3v) is 5.21. The molecule has 1 amide bonds. The normalized spacial score (nSPS) is 23.6. The maximum absolute atomic E-state index is 12.2. The number of benzene rings is 1. The lowest BCUT2D eigenvalue weighted by Gasteiger charge is -2.19. The minimum absolute atomic E-state index is 0.0548. The summed E-state index contributed by atoms with van der Waals surface area (Å²) < 4.78 is 5.51. The first-order chi connectivity index (χ1) is 9.47. The molecule has 1 aliphatic rings. The van der Waals surface area contributed by atoms with Gasteiger partial charge in [0.15, 0.2) is 0 Å². The van der Waals surface area contributed by atoms with Gasteiger partial charge in [0.2, 0.25) is 5.91 Å². The van der Waals surface area contributed by atoms with Crippen LogP contribution in [0.5, 0.6) is 0 Å². The number of halogens is 1. The molecule has 1 fully saturated rings. The molecule has 0 saturated carbocycles. The number of carbonyl (C=O) groups is 1. The van der Waals surface area contributed by atoms with E-state index in [4.69, 9.17) is 22.1 Å². The van der Waals surface area contributed by atoms with Crippen LogP contribution in [0.4, 0.5) is 11.4 Å². The molecule has 3 unspecified atom stereocenters. The first-order valence-electron chi connectivity index (χ1n) is 6.60. The number of rotatable bonds is 4. The first kappa shape index (κ1) is 15.5. The van der Waals surface area contributed by atoms with Crippen LogP contribution in [0.15, 0.2) is 18.2 Å². The van der Waals surface area contributed by atoms with Crippen molar-refractivity contribution < 1.29 is 9.53 Å². The van der Waals surface area contributed by atoms with Crippen molar-refractivity contribution in [2.45, 2.75) is 36.9 Å².